The van der Waals surface area contributed by atoms with Crippen LogP contribution >= 0.6 is 0 Å². The number of aliphatic hydroxyl groups is 1. The van der Waals surface area contributed by atoms with Gasteiger partial charge in [0.05, 0.1) is 40.7 Å². The molecule has 35 heavy (non-hydrogen) atoms. The highest BCUT2D eigenvalue weighted by Gasteiger charge is 2.45. The van der Waals surface area contributed by atoms with E-state index in [9.17, 15) is 14.7 Å². The number of aromatic amines is 1. The van der Waals surface area contributed by atoms with Gasteiger partial charge < -0.3 is 14.4 Å². The van der Waals surface area contributed by atoms with Crippen LogP contribution in [0.1, 0.15) is 30.0 Å². The standard InChI is InChI=1S/C27H20N4O4/c1-2-27(34)19-10-22-24-17(12-31(22)25(32)18(19)13-35-26(27)33)23(16-5-3-4-6-20(16)29-24)14-7-8-15-11-28-30-21(15)9-14/h3-11,34H,2,12-13H2,1H3,(H,28,30)/t27-/m0/s1. The summed E-state index contributed by atoms with van der Waals surface area (Å²) in [7, 11) is 0. The molecule has 2 N–H and O–H groups in total. The zero-order valence-electron chi connectivity index (χ0n) is 18.8. The summed E-state index contributed by atoms with van der Waals surface area (Å²) in [6, 6.07) is 15.8. The van der Waals surface area contributed by atoms with Crippen LogP contribution in [0.2, 0.25) is 0 Å². The number of para-hydroxylation sites is 1. The molecule has 0 radical (unpaired) electrons. The lowest BCUT2D eigenvalue weighted by atomic mass is 9.86. The van der Waals surface area contributed by atoms with Gasteiger partial charge >= 0.3 is 5.97 Å². The van der Waals surface area contributed by atoms with Crippen molar-refractivity contribution in [3.05, 3.63) is 81.8 Å². The number of carbonyl (C=O) groups excluding carboxylic acids is 1. The van der Waals surface area contributed by atoms with Crippen LogP contribution in [0.15, 0.2) is 59.5 Å². The molecule has 0 saturated carbocycles. The molecule has 172 valence electrons. The van der Waals surface area contributed by atoms with E-state index in [2.05, 4.69) is 22.3 Å². The van der Waals surface area contributed by atoms with Crippen LogP contribution in [0.4, 0.5) is 0 Å². The minimum absolute atomic E-state index is 0.106. The molecule has 2 aliphatic heterocycles. The van der Waals surface area contributed by atoms with Crippen LogP contribution in [0.3, 0.4) is 0 Å². The summed E-state index contributed by atoms with van der Waals surface area (Å²) in [5.41, 5.74) is 4.43. The molecule has 0 unspecified atom stereocenters. The smallest absolute Gasteiger partial charge is 0.343 e. The molecular weight excluding hydrogens is 444 g/mol. The van der Waals surface area contributed by atoms with Gasteiger partial charge in [-0.15, -0.1) is 0 Å². The van der Waals surface area contributed by atoms with Crippen LogP contribution in [0.25, 0.3) is 44.3 Å². The van der Waals surface area contributed by atoms with E-state index in [1.807, 2.05) is 30.3 Å². The number of H-pyrrole nitrogens is 1. The molecule has 0 fully saturated rings. The van der Waals surface area contributed by atoms with E-state index >= 15 is 0 Å². The Labute approximate surface area is 198 Å². The first kappa shape index (κ1) is 20.1. The van der Waals surface area contributed by atoms with Gasteiger partial charge in [0, 0.05) is 21.9 Å². The Morgan fingerprint density at radius 1 is 1.14 bits per heavy atom. The van der Waals surface area contributed by atoms with Crippen molar-refractivity contribution < 1.29 is 14.6 Å². The van der Waals surface area contributed by atoms with Gasteiger partial charge in [-0.2, -0.15) is 5.10 Å². The fraction of sp³-hybridized carbons (Fsp3) is 0.185. The van der Waals surface area contributed by atoms with Gasteiger partial charge in [0.2, 0.25) is 0 Å². The van der Waals surface area contributed by atoms with E-state index in [0.717, 1.165) is 38.5 Å². The van der Waals surface area contributed by atoms with Gasteiger partial charge in [0.15, 0.2) is 5.60 Å². The Morgan fingerprint density at radius 2 is 2.00 bits per heavy atom. The molecule has 7 rings (SSSR count). The number of pyridine rings is 2. The molecule has 2 aromatic carbocycles. The highest BCUT2D eigenvalue weighted by atomic mass is 16.6. The average Bonchev–Trinajstić information content (AvgIpc) is 3.49. The summed E-state index contributed by atoms with van der Waals surface area (Å²) in [6.45, 7) is 1.89. The number of carbonyl (C=O) groups is 1. The van der Waals surface area contributed by atoms with Gasteiger partial charge in [-0.05, 0) is 35.7 Å². The number of hydrogen-bond acceptors (Lipinski definition) is 6. The number of esters is 1. The van der Waals surface area contributed by atoms with Gasteiger partial charge in [0.1, 0.15) is 6.61 Å². The summed E-state index contributed by atoms with van der Waals surface area (Å²) >= 11 is 0. The molecule has 3 aromatic heterocycles. The normalized spacial score (nSPS) is 18.4. The van der Waals surface area contributed by atoms with Crippen molar-refractivity contribution in [2.24, 2.45) is 0 Å². The Balaban J connectivity index is 1.55. The number of fused-ring (bicyclic) bond motifs is 6. The van der Waals surface area contributed by atoms with Gasteiger partial charge in [0.25, 0.3) is 5.56 Å². The van der Waals surface area contributed by atoms with Crippen LogP contribution in [-0.4, -0.2) is 30.8 Å². The van der Waals surface area contributed by atoms with E-state index < -0.39 is 11.6 Å². The Kier molecular flexibility index (Phi) is 3.94. The summed E-state index contributed by atoms with van der Waals surface area (Å²) in [5, 5.41) is 20.3. The van der Waals surface area contributed by atoms with Crippen molar-refractivity contribution in [3.8, 4) is 22.5 Å². The molecule has 1 atom stereocenters. The number of nitrogens with one attached hydrogen (secondary N) is 1. The molecule has 2 aliphatic rings. The zero-order chi connectivity index (χ0) is 23.9. The van der Waals surface area contributed by atoms with Crippen molar-refractivity contribution in [2.75, 3.05) is 0 Å². The zero-order valence-corrected chi connectivity index (χ0v) is 18.8. The van der Waals surface area contributed by atoms with Crippen molar-refractivity contribution in [2.45, 2.75) is 32.1 Å². The average molecular weight is 464 g/mol. The maximum absolute atomic E-state index is 13.6. The van der Waals surface area contributed by atoms with Crippen molar-refractivity contribution >= 4 is 27.8 Å². The van der Waals surface area contributed by atoms with Crippen LogP contribution in [-0.2, 0) is 28.3 Å². The molecule has 0 saturated heterocycles. The maximum atomic E-state index is 13.6. The molecule has 5 aromatic rings. The Hall–Kier alpha value is -4.30. The lowest BCUT2D eigenvalue weighted by Gasteiger charge is -2.31. The molecule has 8 nitrogen and oxygen atoms in total. The molecular formula is C27H20N4O4. The van der Waals surface area contributed by atoms with Crippen LogP contribution in [0, 0.1) is 0 Å². The molecule has 5 heterocycles. The minimum Gasteiger partial charge on any atom is -0.458 e. The third-order valence-electron chi connectivity index (χ3n) is 7.33. The van der Waals surface area contributed by atoms with Crippen molar-refractivity contribution in [1.29, 1.82) is 0 Å². The summed E-state index contributed by atoms with van der Waals surface area (Å²) in [6.07, 6.45) is 1.89. The second-order valence-electron chi connectivity index (χ2n) is 9.11. The third kappa shape index (κ3) is 2.60. The summed E-state index contributed by atoms with van der Waals surface area (Å²) < 4.78 is 6.86. The van der Waals surface area contributed by atoms with Gasteiger partial charge in [-0.1, -0.05) is 37.3 Å². The van der Waals surface area contributed by atoms with E-state index in [4.69, 9.17) is 9.72 Å². The van der Waals surface area contributed by atoms with Crippen molar-refractivity contribution in [3.63, 3.8) is 0 Å². The second-order valence-corrected chi connectivity index (χ2v) is 9.11. The van der Waals surface area contributed by atoms with Crippen LogP contribution in [0.5, 0.6) is 0 Å². The van der Waals surface area contributed by atoms with Crippen molar-refractivity contribution in [1.82, 2.24) is 19.7 Å². The lowest BCUT2D eigenvalue weighted by Crippen LogP contribution is -2.44. The number of aromatic nitrogens is 4. The Bertz CT molecular complexity index is 1780. The molecule has 0 amide bonds. The topological polar surface area (TPSA) is 110 Å². The van der Waals surface area contributed by atoms with E-state index in [-0.39, 0.29) is 18.6 Å². The number of benzene rings is 2. The number of ether oxygens (including phenoxy) is 1. The molecule has 0 aliphatic carbocycles. The monoisotopic (exact) mass is 464 g/mol. The number of cyclic esters (lactones) is 1. The SMILES string of the molecule is CC[C@@]1(O)C(=O)OCc2c1cc1n(c2=O)Cc2c-1nc1ccccc1c2-c1ccc2cn[nH]c2c1. The molecule has 0 spiro atoms. The first-order valence-corrected chi connectivity index (χ1v) is 11.5. The molecule has 0 bridgehead atoms. The lowest BCUT2D eigenvalue weighted by molar-refractivity contribution is -0.172. The van der Waals surface area contributed by atoms with Gasteiger partial charge in [-0.25, -0.2) is 9.78 Å². The van der Waals surface area contributed by atoms with E-state index in [1.54, 1.807) is 23.8 Å². The fourth-order valence-corrected chi connectivity index (χ4v) is 5.45. The first-order chi connectivity index (χ1) is 17.0. The second kappa shape index (κ2) is 6.86. The maximum Gasteiger partial charge on any atom is 0.343 e. The molecule has 8 heteroatoms. The highest BCUT2D eigenvalue weighted by Crippen LogP contribution is 2.43. The predicted octanol–water partition coefficient (Wildman–Crippen LogP) is 3.62. The predicted molar refractivity (Wildman–Crippen MR) is 130 cm³/mol. The largest absolute Gasteiger partial charge is 0.458 e. The number of nitrogens with zero attached hydrogens (tertiary/aromatic N) is 3. The van der Waals surface area contributed by atoms with Gasteiger partial charge in [-0.3, -0.25) is 9.89 Å². The number of hydrogen-bond donors (Lipinski definition) is 2. The number of rotatable bonds is 2. The van der Waals surface area contributed by atoms with E-state index in [0.29, 0.717) is 29.1 Å². The fourth-order valence-electron chi connectivity index (χ4n) is 5.45. The quantitative estimate of drug-likeness (QED) is 0.379. The van der Waals surface area contributed by atoms with Crippen LogP contribution < -0.4 is 5.56 Å². The Morgan fingerprint density at radius 3 is 2.86 bits per heavy atom. The minimum atomic E-state index is -1.85. The first-order valence-electron chi connectivity index (χ1n) is 11.5. The van der Waals surface area contributed by atoms with E-state index in [1.165, 1.54) is 0 Å². The highest BCUT2D eigenvalue weighted by molar-refractivity contribution is 6.01. The summed E-state index contributed by atoms with van der Waals surface area (Å²) in [4.78, 5) is 31.0. The summed E-state index contributed by atoms with van der Waals surface area (Å²) in [5.74, 6) is -0.727. The third-order valence-corrected chi connectivity index (χ3v) is 7.33.